The van der Waals surface area contributed by atoms with Crippen molar-refractivity contribution < 1.29 is 21.6 Å². The van der Waals surface area contributed by atoms with Gasteiger partial charge < -0.3 is 4.74 Å². The molecule has 0 N–H and O–H groups in total. The average molecular weight is 457 g/mol. The number of ether oxygens (including phenoxy) is 1. The van der Waals surface area contributed by atoms with Gasteiger partial charge in [0, 0.05) is 36.6 Å². The summed E-state index contributed by atoms with van der Waals surface area (Å²) >= 11 is 0. The van der Waals surface area contributed by atoms with Gasteiger partial charge >= 0.3 is 0 Å². The summed E-state index contributed by atoms with van der Waals surface area (Å²) in [7, 11) is -7.43. The minimum absolute atomic E-state index is 0.0105. The van der Waals surface area contributed by atoms with Crippen LogP contribution in [0.1, 0.15) is 18.9 Å². The third kappa shape index (κ3) is 4.71. The number of aryl methyl sites for hydroxylation is 1. The predicted octanol–water partition coefficient (Wildman–Crippen LogP) is -0.409. The van der Waals surface area contributed by atoms with E-state index in [1.807, 2.05) is 0 Å². The van der Waals surface area contributed by atoms with Crippen LogP contribution in [0.4, 0.5) is 0 Å². The molecule has 30 heavy (non-hydrogen) atoms. The third-order valence-corrected chi connectivity index (χ3v) is 6.56. The Morgan fingerprint density at radius 2 is 1.97 bits per heavy atom. The van der Waals surface area contributed by atoms with E-state index in [0.29, 0.717) is 17.6 Å². The molecular formula is C16H20N6O6S2. The Bertz CT molecular complexity index is 1320. The lowest BCUT2D eigenvalue weighted by molar-refractivity contribution is 0.133. The van der Waals surface area contributed by atoms with Gasteiger partial charge in [0.15, 0.2) is 0 Å². The smallest absolute Gasteiger partial charge is 0.257 e. The highest BCUT2D eigenvalue weighted by Crippen LogP contribution is 2.14. The third-order valence-electron chi connectivity index (χ3n) is 4.14. The summed E-state index contributed by atoms with van der Waals surface area (Å²) in [4.78, 5) is 24.4. The fourth-order valence-electron chi connectivity index (χ4n) is 2.74. The molecule has 0 fully saturated rings. The molecule has 0 aliphatic heterocycles. The monoisotopic (exact) mass is 456 g/mol. The number of nitrogens with zero attached hydrogens (tertiary/aromatic N) is 6. The van der Waals surface area contributed by atoms with Gasteiger partial charge in [-0.05, 0) is 19.4 Å². The first-order valence-corrected chi connectivity index (χ1v) is 12.4. The Labute approximate surface area is 172 Å². The molecular weight excluding hydrogens is 436 g/mol. The molecule has 0 amide bonds. The van der Waals surface area contributed by atoms with E-state index in [1.54, 1.807) is 13.0 Å². The van der Waals surface area contributed by atoms with Crippen LogP contribution in [0.5, 0.6) is 0 Å². The Morgan fingerprint density at radius 3 is 2.60 bits per heavy atom. The van der Waals surface area contributed by atoms with Gasteiger partial charge in [0.05, 0.1) is 12.4 Å². The van der Waals surface area contributed by atoms with Crippen LogP contribution in [-0.4, -0.2) is 64.2 Å². The fraction of sp³-hybridized carbons (Fsp3) is 0.438. The second-order valence-corrected chi connectivity index (χ2v) is 10.3. The number of pyridine rings is 1. The maximum atomic E-state index is 12.9. The highest BCUT2D eigenvalue weighted by atomic mass is 32.2. The van der Waals surface area contributed by atoms with Crippen LogP contribution in [0.3, 0.4) is 0 Å². The van der Waals surface area contributed by atoms with E-state index in [0.717, 1.165) is 23.0 Å². The second-order valence-electron chi connectivity index (χ2n) is 6.40. The van der Waals surface area contributed by atoms with Crippen LogP contribution in [0.2, 0.25) is 0 Å². The molecule has 3 aromatic rings. The van der Waals surface area contributed by atoms with Crippen LogP contribution in [0.15, 0.2) is 34.9 Å². The van der Waals surface area contributed by atoms with Crippen molar-refractivity contribution in [2.75, 3.05) is 18.6 Å². The van der Waals surface area contributed by atoms with Crippen molar-refractivity contribution in [3.63, 3.8) is 0 Å². The van der Waals surface area contributed by atoms with Crippen molar-refractivity contribution in [2.24, 2.45) is 0 Å². The highest BCUT2D eigenvalue weighted by Gasteiger charge is 2.18. The lowest BCUT2D eigenvalue weighted by atomic mass is 10.2. The summed E-state index contributed by atoms with van der Waals surface area (Å²) in [5, 5.41) is 3.63. The largest absolute Gasteiger partial charge is 0.377 e. The first-order chi connectivity index (χ1) is 14.1. The van der Waals surface area contributed by atoms with E-state index in [4.69, 9.17) is 4.74 Å². The first kappa shape index (κ1) is 22.0. The first-order valence-electron chi connectivity index (χ1n) is 8.88. The summed E-state index contributed by atoms with van der Waals surface area (Å²) in [6.07, 6.45) is 4.52. The highest BCUT2D eigenvalue weighted by molar-refractivity contribution is 7.90. The van der Waals surface area contributed by atoms with E-state index in [1.165, 1.54) is 10.8 Å². The molecule has 0 saturated heterocycles. The molecule has 14 heteroatoms. The standard InChI is InChI=1S/C16H20N6O6S2/c1-3-28-9-13-7-12-8-18-16(29(2,24)25)20-14(12)21(15(13)23)5-4-6-30(26,27)22-11-17-10-19-22/h7-8,10-11H,3-6,9H2,1-2H3. The van der Waals surface area contributed by atoms with E-state index in [9.17, 15) is 21.6 Å². The van der Waals surface area contributed by atoms with Gasteiger partial charge in [0.2, 0.25) is 15.0 Å². The Balaban J connectivity index is 2.00. The topological polar surface area (TPSA) is 156 Å². The number of aromatic nitrogens is 6. The van der Waals surface area contributed by atoms with Crippen molar-refractivity contribution in [1.29, 1.82) is 0 Å². The van der Waals surface area contributed by atoms with Crippen molar-refractivity contribution in [2.45, 2.75) is 31.7 Å². The average Bonchev–Trinajstić information content (AvgIpc) is 3.23. The summed E-state index contributed by atoms with van der Waals surface area (Å²) in [5.41, 5.74) is 0.000251. The zero-order chi connectivity index (χ0) is 21.9. The quantitative estimate of drug-likeness (QED) is 0.388. The van der Waals surface area contributed by atoms with Gasteiger partial charge in [0.1, 0.15) is 18.3 Å². The van der Waals surface area contributed by atoms with E-state index in [-0.39, 0.29) is 31.0 Å². The molecule has 3 heterocycles. The molecule has 0 aromatic carbocycles. The Hall–Kier alpha value is -2.71. The SMILES string of the molecule is CCOCc1cc2cnc(S(C)(=O)=O)nc2n(CCCS(=O)(=O)n2cncn2)c1=O. The molecule has 0 radical (unpaired) electrons. The molecule has 162 valence electrons. The van der Waals surface area contributed by atoms with Gasteiger partial charge in [-0.15, -0.1) is 9.19 Å². The lowest BCUT2D eigenvalue weighted by Gasteiger charge is -2.13. The number of rotatable bonds is 9. The molecule has 12 nitrogen and oxygen atoms in total. The van der Waals surface area contributed by atoms with Crippen molar-refractivity contribution in [3.05, 3.63) is 40.8 Å². The molecule has 0 atom stereocenters. The molecule has 0 aliphatic carbocycles. The predicted molar refractivity (Wildman–Crippen MR) is 106 cm³/mol. The second kappa shape index (κ2) is 8.57. The number of hydrogen-bond donors (Lipinski definition) is 0. The summed E-state index contributed by atoms with van der Waals surface area (Å²) in [6, 6.07) is 1.54. The maximum absolute atomic E-state index is 12.9. The van der Waals surface area contributed by atoms with Gasteiger partial charge in [-0.3, -0.25) is 9.36 Å². The van der Waals surface area contributed by atoms with Gasteiger partial charge in [-0.2, -0.15) is 4.98 Å². The normalized spacial score (nSPS) is 12.5. The van der Waals surface area contributed by atoms with Crippen molar-refractivity contribution in [1.82, 2.24) is 28.7 Å². The van der Waals surface area contributed by atoms with Gasteiger partial charge in [-0.25, -0.2) is 26.8 Å². The number of hydrogen-bond acceptors (Lipinski definition) is 10. The summed E-state index contributed by atoms with van der Waals surface area (Å²) in [5.74, 6) is -0.302. The van der Waals surface area contributed by atoms with Gasteiger partial charge in [-0.1, -0.05) is 0 Å². The Kier molecular flexibility index (Phi) is 6.28. The van der Waals surface area contributed by atoms with Crippen LogP contribution in [-0.2, 0) is 37.7 Å². The molecule has 0 spiro atoms. The minimum atomic E-state index is -3.73. The van der Waals surface area contributed by atoms with Crippen molar-refractivity contribution in [3.8, 4) is 0 Å². The number of sulfone groups is 1. The fourth-order valence-corrected chi connectivity index (χ4v) is 4.31. The molecule has 3 rings (SSSR count). The van der Waals surface area contributed by atoms with E-state index in [2.05, 4.69) is 20.1 Å². The summed E-state index contributed by atoms with van der Waals surface area (Å²) in [6.45, 7) is 2.23. The van der Waals surface area contributed by atoms with E-state index >= 15 is 0 Å². The molecule has 0 bridgehead atoms. The number of fused-ring (bicyclic) bond motifs is 1. The van der Waals surface area contributed by atoms with Gasteiger partial charge in [0.25, 0.3) is 15.6 Å². The maximum Gasteiger partial charge on any atom is 0.257 e. The van der Waals surface area contributed by atoms with Crippen LogP contribution < -0.4 is 5.56 Å². The van der Waals surface area contributed by atoms with Crippen molar-refractivity contribution >= 4 is 30.9 Å². The molecule has 0 aliphatic rings. The molecule has 3 aromatic heterocycles. The van der Waals surface area contributed by atoms with E-state index < -0.39 is 30.6 Å². The Morgan fingerprint density at radius 1 is 1.20 bits per heavy atom. The zero-order valence-corrected chi connectivity index (χ0v) is 17.9. The van der Waals surface area contributed by atoms with Crippen LogP contribution >= 0.6 is 0 Å². The summed E-state index contributed by atoms with van der Waals surface area (Å²) < 4.78 is 55.5. The van der Waals surface area contributed by atoms with Crippen LogP contribution in [0, 0.1) is 0 Å². The molecule has 0 unspecified atom stereocenters. The molecule has 0 saturated carbocycles. The lowest BCUT2D eigenvalue weighted by Crippen LogP contribution is -2.27. The minimum Gasteiger partial charge on any atom is -0.377 e. The zero-order valence-electron chi connectivity index (χ0n) is 16.3. The van der Waals surface area contributed by atoms with Crippen LogP contribution in [0.25, 0.3) is 11.0 Å².